The van der Waals surface area contributed by atoms with Crippen LogP contribution in [0.1, 0.15) is 25.2 Å². The van der Waals surface area contributed by atoms with E-state index >= 15 is 0 Å². The van der Waals surface area contributed by atoms with Crippen molar-refractivity contribution in [2.24, 2.45) is 7.05 Å². The minimum Gasteiger partial charge on any atom is -0.326 e. The van der Waals surface area contributed by atoms with Gasteiger partial charge in [-0.05, 0) is 12.1 Å². The van der Waals surface area contributed by atoms with Crippen molar-refractivity contribution in [3.8, 4) is 11.4 Å². The summed E-state index contributed by atoms with van der Waals surface area (Å²) in [5.41, 5.74) is -2.14. The van der Waals surface area contributed by atoms with Crippen LogP contribution in [-0.2, 0) is 29.0 Å². The molecule has 4 rings (SSSR count). The Balaban J connectivity index is 2.11. The third-order valence-electron chi connectivity index (χ3n) is 4.89. The fourth-order valence-electron chi connectivity index (χ4n) is 3.28. The number of halogens is 5. The van der Waals surface area contributed by atoms with Crippen molar-refractivity contribution in [1.29, 1.82) is 0 Å². The Morgan fingerprint density at radius 1 is 1.12 bits per heavy atom. The number of alkyl halides is 5. The minimum atomic E-state index is -4.71. The Bertz CT molecular complexity index is 1470. The van der Waals surface area contributed by atoms with E-state index in [1.54, 1.807) is 0 Å². The third-order valence-corrected chi connectivity index (χ3v) is 6.53. The van der Waals surface area contributed by atoms with Crippen LogP contribution in [0.2, 0.25) is 0 Å². The van der Waals surface area contributed by atoms with Crippen molar-refractivity contribution in [2.75, 3.05) is 5.75 Å². The molecule has 0 amide bonds. The molecule has 0 saturated carbocycles. The number of aryl methyl sites for hydroxylation is 1. The number of fused-ring (bicyclic) bond motifs is 2. The van der Waals surface area contributed by atoms with Crippen molar-refractivity contribution < 1.29 is 30.4 Å². The maximum Gasteiger partial charge on any atom is 0.433 e. The molecule has 14 heteroatoms. The zero-order valence-corrected chi connectivity index (χ0v) is 17.6. The smallest absolute Gasteiger partial charge is 0.326 e. The van der Waals surface area contributed by atoms with Crippen LogP contribution in [0.4, 0.5) is 22.0 Å². The van der Waals surface area contributed by atoms with Crippen molar-refractivity contribution in [1.82, 2.24) is 29.1 Å². The molecule has 0 spiro atoms. The summed E-state index contributed by atoms with van der Waals surface area (Å²) in [5.74, 6) is -3.88. The summed E-state index contributed by atoms with van der Waals surface area (Å²) in [6.45, 7) is 1.97. The Morgan fingerprint density at radius 2 is 1.81 bits per heavy atom. The highest BCUT2D eigenvalue weighted by atomic mass is 32.2. The third kappa shape index (κ3) is 3.38. The first-order chi connectivity index (χ1) is 14.8. The number of hydrogen-bond donors (Lipinski definition) is 0. The highest BCUT2D eigenvalue weighted by Crippen LogP contribution is 2.36. The van der Waals surface area contributed by atoms with Crippen molar-refractivity contribution in [3.05, 3.63) is 35.9 Å². The van der Waals surface area contributed by atoms with E-state index in [9.17, 15) is 30.4 Å². The van der Waals surface area contributed by atoms with Gasteiger partial charge >= 0.3 is 6.18 Å². The second-order valence-electron chi connectivity index (χ2n) is 7.09. The lowest BCUT2D eigenvalue weighted by atomic mass is 10.2. The van der Waals surface area contributed by atoms with Crippen LogP contribution in [0.25, 0.3) is 28.1 Å². The van der Waals surface area contributed by atoms with Gasteiger partial charge in [0.05, 0.1) is 23.0 Å². The van der Waals surface area contributed by atoms with E-state index in [0.717, 1.165) is 29.0 Å². The summed E-state index contributed by atoms with van der Waals surface area (Å²) in [7, 11) is -2.62. The SMILES string of the molecule is CCS(=O)(=O)c1nn2c(C(C)(F)F)ccnc2c1-c1nc2cc(C(F)(F)F)ncc2n1C. The molecule has 0 radical (unpaired) electrons. The predicted octanol–water partition coefficient (Wildman–Crippen LogP) is 3.60. The van der Waals surface area contributed by atoms with Gasteiger partial charge in [0, 0.05) is 20.2 Å². The van der Waals surface area contributed by atoms with E-state index in [4.69, 9.17) is 0 Å². The molecule has 0 fully saturated rings. The standard InChI is InChI=1S/C18H15F5N6O2S/c1-4-32(30,31)16-13(14-24-6-5-12(17(2,19)20)29(14)27-16)15-26-9-7-11(18(21,22)23)25-8-10(9)28(15)3/h5-8H,4H2,1-3H3. The quantitative estimate of drug-likeness (QED) is 0.420. The van der Waals surface area contributed by atoms with E-state index in [0.29, 0.717) is 6.92 Å². The molecule has 4 aromatic rings. The first-order valence-corrected chi connectivity index (χ1v) is 10.8. The van der Waals surface area contributed by atoms with Crippen molar-refractivity contribution in [3.63, 3.8) is 0 Å². The molecule has 0 aromatic carbocycles. The van der Waals surface area contributed by atoms with Gasteiger partial charge in [-0.2, -0.15) is 27.1 Å². The topological polar surface area (TPSA) is 95.0 Å². The van der Waals surface area contributed by atoms with Crippen LogP contribution in [-0.4, -0.2) is 43.3 Å². The Morgan fingerprint density at radius 3 is 2.41 bits per heavy atom. The monoisotopic (exact) mass is 474 g/mol. The summed E-state index contributed by atoms with van der Waals surface area (Å²) >= 11 is 0. The van der Waals surface area contributed by atoms with Gasteiger partial charge in [0.2, 0.25) is 0 Å². The molecule has 32 heavy (non-hydrogen) atoms. The largest absolute Gasteiger partial charge is 0.433 e. The number of aromatic nitrogens is 6. The van der Waals surface area contributed by atoms with Crippen molar-refractivity contribution >= 4 is 26.5 Å². The number of nitrogens with zero attached hydrogens (tertiary/aromatic N) is 6. The summed E-state index contributed by atoms with van der Waals surface area (Å²) in [5, 5.41) is 3.35. The maximum absolute atomic E-state index is 14.1. The van der Waals surface area contributed by atoms with Crippen LogP contribution in [0, 0.1) is 0 Å². The second-order valence-corrected chi connectivity index (χ2v) is 9.28. The lowest BCUT2D eigenvalue weighted by molar-refractivity contribution is -0.141. The van der Waals surface area contributed by atoms with Gasteiger partial charge < -0.3 is 4.57 Å². The first-order valence-electron chi connectivity index (χ1n) is 9.14. The van der Waals surface area contributed by atoms with Crippen LogP contribution in [0.3, 0.4) is 0 Å². The number of pyridine rings is 1. The number of imidazole rings is 1. The molecule has 8 nitrogen and oxygen atoms in total. The van der Waals surface area contributed by atoms with Gasteiger partial charge in [0.25, 0.3) is 5.92 Å². The molecule has 0 aliphatic carbocycles. The van der Waals surface area contributed by atoms with Crippen LogP contribution in [0.15, 0.2) is 29.6 Å². The molecule has 0 atom stereocenters. The fraction of sp³-hybridized carbons (Fsp3) is 0.333. The summed E-state index contributed by atoms with van der Waals surface area (Å²) < 4.78 is 95.0. The molecule has 0 N–H and O–H groups in total. The average Bonchev–Trinajstić information content (AvgIpc) is 3.24. The molecule has 0 unspecified atom stereocenters. The van der Waals surface area contributed by atoms with Crippen molar-refractivity contribution in [2.45, 2.75) is 31.0 Å². The zero-order chi connectivity index (χ0) is 23.6. The zero-order valence-electron chi connectivity index (χ0n) is 16.8. The molecule has 4 aromatic heterocycles. The number of rotatable bonds is 4. The highest BCUT2D eigenvalue weighted by Gasteiger charge is 2.35. The van der Waals surface area contributed by atoms with Crippen LogP contribution < -0.4 is 0 Å². The highest BCUT2D eigenvalue weighted by molar-refractivity contribution is 7.91. The molecule has 0 bridgehead atoms. The summed E-state index contributed by atoms with van der Waals surface area (Å²) in [4.78, 5) is 11.6. The van der Waals surface area contributed by atoms with E-state index in [1.807, 2.05) is 0 Å². The molecule has 0 aliphatic rings. The van der Waals surface area contributed by atoms with E-state index < -0.39 is 44.1 Å². The summed E-state index contributed by atoms with van der Waals surface area (Å²) in [6.07, 6.45) is -2.69. The summed E-state index contributed by atoms with van der Waals surface area (Å²) in [6, 6.07) is 1.72. The molecular weight excluding hydrogens is 459 g/mol. The molecular formula is C18H15F5N6O2S. The molecule has 0 saturated heterocycles. The van der Waals surface area contributed by atoms with Gasteiger partial charge in [-0.25, -0.2) is 27.9 Å². The minimum absolute atomic E-state index is 0.104. The van der Waals surface area contributed by atoms with E-state index in [2.05, 4.69) is 20.1 Å². The van der Waals surface area contributed by atoms with E-state index in [-0.39, 0.29) is 28.1 Å². The Labute approximate surface area is 177 Å². The van der Waals surface area contributed by atoms with Gasteiger partial charge in [0.15, 0.2) is 20.5 Å². The predicted molar refractivity (Wildman–Crippen MR) is 103 cm³/mol. The fourth-order valence-corrected chi connectivity index (χ4v) is 4.25. The molecule has 4 heterocycles. The van der Waals surface area contributed by atoms with E-state index in [1.165, 1.54) is 18.5 Å². The average molecular weight is 474 g/mol. The van der Waals surface area contributed by atoms with Crippen LogP contribution in [0.5, 0.6) is 0 Å². The lowest BCUT2D eigenvalue weighted by Crippen LogP contribution is -2.14. The van der Waals surface area contributed by atoms with Gasteiger partial charge in [-0.15, -0.1) is 0 Å². The number of sulfone groups is 1. The lowest BCUT2D eigenvalue weighted by Gasteiger charge is -2.11. The van der Waals surface area contributed by atoms with Gasteiger partial charge in [-0.3, -0.25) is 0 Å². The second kappa shape index (κ2) is 6.92. The normalized spacial score (nSPS) is 13.4. The van der Waals surface area contributed by atoms with Crippen LogP contribution >= 0.6 is 0 Å². The van der Waals surface area contributed by atoms with Gasteiger partial charge in [-0.1, -0.05) is 6.92 Å². The Hall–Kier alpha value is -3.16. The molecule has 170 valence electrons. The number of hydrogen-bond acceptors (Lipinski definition) is 6. The molecule has 0 aliphatic heterocycles. The maximum atomic E-state index is 14.1. The first kappa shape index (κ1) is 22.0. The Kier molecular flexibility index (Phi) is 4.77. The van der Waals surface area contributed by atoms with Gasteiger partial charge in [0.1, 0.15) is 22.8 Å².